The average molecular weight is 490 g/mol. The fraction of sp³-hybridized carbons (Fsp3) is 0.154. The molecule has 0 saturated heterocycles. The highest BCUT2D eigenvalue weighted by Gasteiger charge is 2.20. The fourth-order valence-electron chi connectivity index (χ4n) is 3.83. The number of aryl methyl sites for hydroxylation is 2. The number of hydrogen-bond donors (Lipinski definition) is 2. The van der Waals surface area contributed by atoms with Crippen LogP contribution in [0.2, 0.25) is 0 Å². The van der Waals surface area contributed by atoms with E-state index in [-0.39, 0.29) is 10.8 Å². The van der Waals surface area contributed by atoms with E-state index in [1.165, 1.54) is 12.1 Å². The minimum Gasteiger partial charge on any atom is -0.486 e. The van der Waals surface area contributed by atoms with Crippen LogP contribution in [0.1, 0.15) is 21.6 Å². The monoisotopic (exact) mass is 489 g/mol. The summed E-state index contributed by atoms with van der Waals surface area (Å²) in [5.74, 6) is 0.620. The SMILES string of the molecule is Cc1ccc2cc(C(=O)Nc3ccc(NS(=O)(=O)c4ccc5c(c4)OCCO5)cc3)c(C)nc2c1. The van der Waals surface area contributed by atoms with Gasteiger partial charge in [-0.2, -0.15) is 0 Å². The van der Waals surface area contributed by atoms with Gasteiger partial charge >= 0.3 is 0 Å². The van der Waals surface area contributed by atoms with E-state index in [9.17, 15) is 13.2 Å². The molecule has 5 rings (SSSR count). The fourth-order valence-corrected chi connectivity index (χ4v) is 4.90. The van der Waals surface area contributed by atoms with Crippen molar-refractivity contribution in [1.82, 2.24) is 4.98 Å². The smallest absolute Gasteiger partial charge is 0.262 e. The molecule has 0 spiro atoms. The summed E-state index contributed by atoms with van der Waals surface area (Å²) in [7, 11) is -3.84. The zero-order chi connectivity index (χ0) is 24.6. The summed E-state index contributed by atoms with van der Waals surface area (Å²) in [4.78, 5) is 17.5. The number of pyridine rings is 1. The molecule has 1 amide bonds. The van der Waals surface area contributed by atoms with Crippen LogP contribution in [-0.2, 0) is 10.0 Å². The first-order valence-corrected chi connectivity index (χ1v) is 12.5. The lowest BCUT2D eigenvalue weighted by molar-refractivity contribution is 0.102. The van der Waals surface area contributed by atoms with Crippen LogP contribution in [0.25, 0.3) is 10.9 Å². The van der Waals surface area contributed by atoms with Crippen molar-refractivity contribution in [3.63, 3.8) is 0 Å². The molecule has 3 aromatic carbocycles. The van der Waals surface area contributed by atoms with E-state index >= 15 is 0 Å². The predicted molar refractivity (Wildman–Crippen MR) is 134 cm³/mol. The maximum absolute atomic E-state index is 12.9. The summed E-state index contributed by atoms with van der Waals surface area (Å²) in [6.07, 6.45) is 0. The Hall–Kier alpha value is -4.11. The summed E-state index contributed by atoms with van der Waals surface area (Å²) in [6, 6.07) is 18.6. The molecule has 2 heterocycles. The number of rotatable bonds is 5. The molecule has 0 atom stereocenters. The maximum atomic E-state index is 12.9. The third-order valence-electron chi connectivity index (χ3n) is 5.63. The van der Waals surface area contributed by atoms with Crippen LogP contribution in [-0.4, -0.2) is 32.5 Å². The van der Waals surface area contributed by atoms with Crippen LogP contribution >= 0.6 is 0 Å². The second-order valence-electron chi connectivity index (χ2n) is 8.26. The number of anilines is 2. The number of nitrogens with zero attached hydrogens (tertiary/aromatic N) is 1. The predicted octanol–water partition coefficient (Wildman–Crippen LogP) is 4.68. The van der Waals surface area contributed by atoms with Crippen LogP contribution in [0.15, 0.2) is 71.6 Å². The number of fused-ring (bicyclic) bond motifs is 2. The first kappa shape index (κ1) is 22.7. The van der Waals surface area contributed by atoms with E-state index in [4.69, 9.17) is 9.47 Å². The number of benzene rings is 3. The molecule has 9 heteroatoms. The highest BCUT2D eigenvalue weighted by Crippen LogP contribution is 2.33. The average Bonchev–Trinajstić information content (AvgIpc) is 2.84. The molecule has 0 saturated carbocycles. The molecule has 1 aromatic heterocycles. The largest absolute Gasteiger partial charge is 0.486 e. The third-order valence-corrected chi connectivity index (χ3v) is 7.01. The first-order valence-electron chi connectivity index (χ1n) is 11.0. The van der Waals surface area contributed by atoms with Crippen molar-refractivity contribution >= 4 is 38.2 Å². The molecule has 178 valence electrons. The van der Waals surface area contributed by atoms with Gasteiger partial charge in [0, 0.05) is 22.8 Å². The van der Waals surface area contributed by atoms with Gasteiger partial charge in [-0.05, 0) is 67.9 Å². The molecule has 35 heavy (non-hydrogen) atoms. The topological polar surface area (TPSA) is 107 Å². The van der Waals surface area contributed by atoms with Crippen molar-refractivity contribution in [3.8, 4) is 11.5 Å². The lowest BCUT2D eigenvalue weighted by atomic mass is 10.1. The van der Waals surface area contributed by atoms with Crippen molar-refractivity contribution in [2.45, 2.75) is 18.7 Å². The number of sulfonamides is 1. The summed E-state index contributed by atoms with van der Waals surface area (Å²) < 4.78 is 39.1. The molecule has 0 radical (unpaired) electrons. The van der Waals surface area contributed by atoms with Crippen LogP contribution in [0.4, 0.5) is 11.4 Å². The second-order valence-corrected chi connectivity index (χ2v) is 9.94. The highest BCUT2D eigenvalue weighted by molar-refractivity contribution is 7.92. The molecule has 0 fully saturated rings. The van der Waals surface area contributed by atoms with Crippen LogP contribution in [0.5, 0.6) is 11.5 Å². The molecule has 1 aliphatic rings. The molecular weight excluding hydrogens is 466 g/mol. The van der Waals surface area contributed by atoms with Crippen molar-refractivity contribution < 1.29 is 22.7 Å². The van der Waals surface area contributed by atoms with Gasteiger partial charge in [0.25, 0.3) is 15.9 Å². The molecular formula is C26H23N3O5S. The maximum Gasteiger partial charge on any atom is 0.262 e. The molecule has 0 bridgehead atoms. The lowest BCUT2D eigenvalue weighted by Gasteiger charge is -2.19. The number of carbonyl (C=O) groups excluding carboxylic acids is 1. The van der Waals surface area contributed by atoms with E-state index < -0.39 is 10.0 Å². The van der Waals surface area contributed by atoms with Crippen molar-refractivity contribution in [2.24, 2.45) is 0 Å². The summed E-state index contributed by atoms with van der Waals surface area (Å²) in [5.41, 5.74) is 3.94. The van der Waals surface area contributed by atoms with Crippen molar-refractivity contribution in [2.75, 3.05) is 23.3 Å². The zero-order valence-electron chi connectivity index (χ0n) is 19.2. The molecule has 2 N–H and O–H groups in total. The Kier molecular flexibility index (Phi) is 5.78. The summed E-state index contributed by atoms with van der Waals surface area (Å²) in [5, 5.41) is 3.73. The number of amides is 1. The Morgan fingerprint density at radius 1 is 0.857 bits per heavy atom. The summed E-state index contributed by atoms with van der Waals surface area (Å²) in [6.45, 7) is 4.59. The molecule has 4 aromatic rings. The van der Waals surface area contributed by atoms with E-state index in [1.54, 1.807) is 37.3 Å². The Balaban J connectivity index is 1.30. The van der Waals surface area contributed by atoms with E-state index in [0.717, 1.165) is 16.5 Å². The zero-order valence-corrected chi connectivity index (χ0v) is 20.0. The van der Waals surface area contributed by atoms with Gasteiger partial charge in [-0.15, -0.1) is 0 Å². The van der Waals surface area contributed by atoms with Crippen LogP contribution in [0.3, 0.4) is 0 Å². The van der Waals surface area contributed by atoms with Crippen LogP contribution in [0, 0.1) is 13.8 Å². The highest BCUT2D eigenvalue weighted by atomic mass is 32.2. The lowest BCUT2D eigenvalue weighted by Crippen LogP contribution is -2.17. The van der Waals surface area contributed by atoms with Crippen molar-refractivity contribution in [3.05, 3.63) is 83.6 Å². The number of ether oxygens (including phenoxy) is 2. The minimum absolute atomic E-state index is 0.0635. The van der Waals surface area contributed by atoms with Gasteiger partial charge in [-0.25, -0.2) is 8.42 Å². The quantitative estimate of drug-likeness (QED) is 0.422. The normalized spacial score (nSPS) is 12.9. The number of carbonyl (C=O) groups is 1. The third kappa shape index (κ3) is 4.76. The van der Waals surface area contributed by atoms with E-state index in [2.05, 4.69) is 15.0 Å². The molecule has 0 aliphatic carbocycles. The number of aromatic nitrogens is 1. The van der Waals surface area contributed by atoms with Gasteiger partial charge in [0.1, 0.15) is 13.2 Å². The van der Waals surface area contributed by atoms with Crippen LogP contribution < -0.4 is 19.5 Å². The minimum atomic E-state index is -3.84. The van der Waals surface area contributed by atoms with Crippen molar-refractivity contribution in [1.29, 1.82) is 0 Å². The Bertz CT molecular complexity index is 1550. The second kappa shape index (κ2) is 8.92. The van der Waals surface area contributed by atoms with Gasteiger partial charge in [-0.1, -0.05) is 12.1 Å². The molecule has 1 aliphatic heterocycles. The molecule has 8 nitrogen and oxygen atoms in total. The van der Waals surface area contributed by atoms with Gasteiger partial charge in [0.15, 0.2) is 11.5 Å². The van der Waals surface area contributed by atoms with Gasteiger partial charge in [-0.3, -0.25) is 14.5 Å². The van der Waals surface area contributed by atoms with Gasteiger partial charge < -0.3 is 14.8 Å². The van der Waals surface area contributed by atoms with Gasteiger partial charge in [0.05, 0.1) is 21.7 Å². The standard InChI is InChI=1S/C26H23N3O5S/c1-16-3-4-18-14-22(17(2)27-23(18)13-16)26(30)28-19-5-7-20(8-6-19)29-35(31,32)21-9-10-24-25(15-21)34-12-11-33-24/h3-10,13-15,29H,11-12H2,1-2H3,(H,28,30). The first-order chi connectivity index (χ1) is 16.8. The van der Waals surface area contributed by atoms with Gasteiger partial charge in [0.2, 0.25) is 0 Å². The Morgan fingerprint density at radius 2 is 1.57 bits per heavy atom. The molecule has 0 unspecified atom stereocenters. The summed E-state index contributed by atoms with van der Waals surface area (Å²) >= 11 is 0. The Labute approximate surface area is 203 Å². The Morgan fingerprint density at radius 3 is 2.34 bits per heavy atom. The number of nitrogens with one attached hydrogen (secondary N) is 2. The van der Waals surface area contributed by atoms with E-state index in [0.29, 0.717) is 47.3 Å². The van der Waals surface area contributed by atoms with E-state index in [1.807, 2.05) is 31.2 Å². The number of hydrogen-bond acceptors (Lipinski definition) is 6.